The predicted molar refractivity (Wildman–Crippen MR) is 245 cm³/mol. The maximum Gasteiger partial charge on any atom is 0.254 e. The van der Waals surface area contributed by atoms with Gasteiger partial charge in [-0.25, -0.2) is 9.36 Å². The first-order chi connectivity index (χ1) is 31.5. The molecule has 8 aromatic rings. The Morgan fingerprint density at radius 2 is 1.31 bits per heavy atom. The van der Waals surface area contributed by atoms with E-state index in [9.17, 15) is 9.59 Å². The Morgan fingerprint density at radius 3 is 2.02 bits per heavy atom. The standard InChI is InChI=1S/C48H52N14O2/c63-47(34-19-21-37(22-20-34)61-32-43(52-56-61)45-39-15-1-3-17-41(39)50-54-45)49-23-10-26-59-25-8-6-13-36(59)12-5-7-24-58-27-29-60(30-28-58)48(64)35-11-9-14-38(31-35)62-33-44(53-57-62)46-40-16-2-4-18-42(40)51-55-46/h1-4,9,11,14-22,31-33,36H,5-8,10,12-13,23-30H2,(H,49,63)(H,50,54)(H,51,55). The third-order valence-electron chi connectivity index (χ3n) is 12.7. The summed E-state index contributed by atoms with van der Waals surface area (Å²) in [4.78, 5) is 33.8. The average Bonchev–Trinajstić information content (AvgIpc) is 4.19. The fraction of sp³-hybridized carbons (Fsp3) is 0.333. The van der Waals surface area contributed by atoms with E-state index in [1.807, 2.05) is 114 Å². The zero-order valence-electron chi connectivity index (χ0n) is 35.8. The van der Waals surface area contributed by atoms with E-state index >= 15 is 0 Å². The molecule has 10 rings (SSSR count). The molecule has 2 amide bonds. The molecule has 1 atom stereocenters. The molecule has 2 fully saturated rings. The summed E-state index contributed by atoms with van der Waals surface area (Å²) in [5, 5.41) is 37.5. The van der Waals surface area contributed by atoms with Gasteiger partial charge < -0.3 is 15.1 Å². The van der Waals surface area contributed by atoms with Crippen molar-refractivity contribution in [3.63, 3.8) is 0 Å². The molecule has 64 heavy (non-hydrogen) atoms. The molecule has 0 spiro atoms. The number of aromatic nitrogens is 10. The molecule has 4 aromatic heterocycles. The highest BCUT2D eigenvalue weighted by molar-refractivity contribution is 5.96. The number of likely N-dealkylation sites (tertiary alicyclic amines) is 1. The second-order valence-electron chi connectivity index (χ2n) is 16.9. The molecule has 16 heteroatoms. The van der Waals surface area contributed by atoms with Crippen LogP contribution in [0.25, 0.3) is 56.0 Å². The van der Waals surface area contributed by atoms with Crippen molar-refractivity contribution in [1.82, 2.24) is 70.4 Å². The van der Waals surface area contributed by atoms with Crippen LogP contribution in [0.15, 0.2) is 109 Å². The normalized spacial score (nSPS) is 16.2. The third-order valence-corrected chi connectivity index (χ3v) is 12.7. The van der Waals surface area contributed by atoms with Crippen LogP contribution in [0.1, 0.15) is 65.7 Å². The van der Waals surface area contributed by atoms with E-state index < -0.39 is 0 Å². The van der Waals surface area contributed by atoms with Gasteiger partial charge in [0.15, 0.2) is 0 Å². The molecule has 4 aromatic carbocycles. The number of para-hydroxylation sites is 2. The fourth-order valence-corrected chi connectivity index (χ4v) is 9.20. The fourth-order valence-electron chi connectivity index (χ4n) is 9.20. The summed E-state index contributed by atoms with van der Waals surface area (Å²) in [6.07, 6.45) is 11.9. The number of hydrogen-bond acceptors (Lipinski definition) is 10. The molecular formula is C48H52N14O2. The molecule has 326 valence electrons. The minimum absolute atomic E-state index is 0.0465. The molecule has 2 aliphatic rings. The average molecular weight is 857 g/mol. The quantitative estimate of drug-likeness (QED) is 0.0962. The van der Waals surface area contributed by atoms with Crippen LogP contribution in [0.4, 0.5) is 0 Å². The third kappa shape index (κ3) is 8.92. The van der Waals surface area contributed by atoms with Crippen molar-refractivity contribution >= 4 is 33.6 Å². The van der Waals surface area contributed by atoms with E-state index in [1.165, 1.54) is 32.1 Å². The van der Waals surface area contributed by atoms with E-state index in [0.29, 0.717) is 35.1 Å². The van der Waals surface area contributed by atoms with Gasteiger partial charge in [-0.2, -0.15) is 10.2 Å². The second-order valence-corrected chi connectivity index (χ2v) is 16.9. The number of aromatic amines is 2. The van der Waals surface area contributed by atoms with Gasteiger partial charge in [-0.1, -0.05) is 65.7 Å². The van der Waals surface area contributed by atoms with E-state index in [0.717, 1.165) is 103 Å². The highest BCUT2D eigenvalue weighted by Gasteiger charge is 2.25. The SMILES string of the molecule is O=C(NCCCN1CCCCC1CCCCN1CCN(C(=O)c2cccc(-n3cc(-c4n[nH]c5ccccc45)nn3)c2)CC1)c1ccc(-n2cc(-c3n[nH]c4ccccc34)nn2)cc1. The molecule has 16 nitrogen and oxygen atoms in total. The van der Waals surface area contributed by atoms with Crippen LogP contribution >= 0.6 is 0 Å². The van der Waals surface area contributed by atoms with Crippen molar-refractivity contribution in [2.45, 2.75) is 51.0 Å². The second kappa shape index (κ2) is 18.7. The highest BCUT2D eigenvalue weighted by atomic mass is 16.2. The number of piperazine rings is 1. The molecular weight excluding hydrogens is 805 g/mol. The minimum Gasteiger partial charge on any atom is -0.352 e. The van der Waals surface area contributed by atoms with Gasteiger partial charge in [0.2, 0.25) is 0 Å². The van der Waals surface area contributed by atoms with Crippen LogP contribution in [0.3, 0.4) is 0 Å². The van der Waals surface area contributed by atoms with Crippen molar-refractivity contribution < 1.29 is 9.59 Å². The number of nitrogens with one attached hydrogen (secondary N) is 3. The van der Waals surface area contributed by atoms with Crippen LogP contribution in [0.5, 0.6) is 0 Å². The Kier molecular flexibility index (Phi) is 12.0. The Hall–Kier alpha value is -7.04. The summed E-state index contributed by atoms with van der Waals surface area (Å²) in [5.41, 5.74) is 7.62. The van der Waals surface area contributed by atoms with Gasteiger partial charge in [0.05, 0.1) is 34.8 Å². The summed E-state index contributed by atoms with van der Waals surface area (Å²) >= 11 is 0. The molecule has 1 unspecified atom stereocenters. The number of piperidine rings is 1. The van der Waals surface area contributed by atoms with Crippen LogP contribution in [-0.2, 0) is 0 Å². The van der Waals surface area contributed by atoms with Crippen LogP contribution < -0.4 is 5.32 Å². The first-order valence-electron chi connectivity index (χ1n) is 22.5. The Labute approximate surface area is 370 Å². The maximum atomic E-state index is 13.6. The lowest BCUT2D eigenvalue weighted by Gasteiger charge is -2.36. The Balaban J connectivity index is 0.631. The number of nitrogens with zero attached hydrogens (tertiary/aromatic N) is 11. The van der Waals surface area contributed by atoms with Gasteiger partial charge in [-0.15, -0.1) is 10.2 Å². The van der Waals surface area contributed by atoms with Crippen molar-refractivity contribution in [2.75, 3.05) is 52.4 Å². The summed E-state index contributed by atoms with van der Waals surface area (Å²) in [5.74, 6) is -0.0218. The van der Waals surface area contributed by atoms with E-state index in [4.69, 9.17) is 0 Å². The smallest absolute Gasteiger partial charge is 0.254 e. The summed E-state index contributed by atoms with van der Waals surface area (Å²) in [7, 11) is 0. The summed E-state index contributed by atoms with van der Waals surface area (Å²) < 4.78 is 3.40. The number of amides is 2. The van der Waals surface area contributed by atoms with Crippen LogP contribution in [-0.4, -0.2) is 135 Å². The summed E-state index contributed by atoms with van der Waals surface area (Å²) in [6.45, 7) is 7.01. The number of rotatable bonds is 15. The lowest BCUT2D eigenvalue weighted by Crippen LogP contribution is -2.48. The van der Waals surface area contributed by atoms with Gasteiger partial charge in [0.1, 0.15) is 22.8 Å². The number of unbranched alkanes of at least 4 members (excludes halogenated alkanes) is 1. The number of hydrogen-bond donors (Lipinski definition) is 3. The van der Waals surface area contributed by atoms with Crippen LogP contribution in [0, 0.1) is 0 Å². The van der Waals surface area contributed by atoms with Gasteiger partial charge in [-0.3, -0.25) is 24.7 Å². The number of benzene rings is 4. The molecule has 2 aliphatic heterocycles. The molecule has 2 saturated heterocycles. The highest BCUT2D eigenvalue weighted by Crippen LogP contribution is 2.27. The first-order valence-corrected chi connectivity index (χ1v) is 22.5. The van der Waals surface area contributed by atoms with Crippen molar-refractivity contribution in [3.05, 3.63) is 121 Å². The van der Waals surface area contributed by atoms with Crippen molar-refractivity contribution in [2.24, 2.45) is 0 Å². The number of carbonyl (C=O) groups is 2. The molecule has 3 N–H and O–H groups in total. The van der Waals surface area contributed by atoms with Crippen molar-refractivity contribution in [1.29, 1.82) is 0 Å². The zero-order valence-corrected chi connectivity index (χ0v) is 35.8. The number of carbonyl (C=O) groups excluding carboxylic acids is 2. The lowest BCUT2D eigenvalue weighted by molar-refractivity contribution is 0.0633. The predicted octanol–water partition coefficient (Wildman–Crippen LogP) is 6.54. The van der Waals surface area contributed by atoms with Gasteiger partial charge in [0, 0.05) is 67.2 Å². The largest absolute Gasteiger partial charge is 0.352 e. The number of fused-ring (bicyclic) bond motifs is 2. The first kappa shape index (κ1) is 41.0. The van der Waals surface area contributed by atoms with Gasteiger partial charge in [-0.05, 0) is 99.8 Å². The zero-order chi connectivity index (χ0) is 43.2. The minimum atomic E-state index is -0.0683. The Morgan fingerprint density at radius 1 is 0.641 bits per heavy atom. The van der Waals surface area contributed by atoms with E-state index in [2.05, 4.69) is 56.1 Å². The van der Waals surface area contributed by atoms with Gasteiger partial charge in [0.25, 0.3) is 11.8 Å². The number of H-pyrrole nitrogens is 2. The lowest BCUT2D eigenvalue weighted by atomic mass is 9.97. The monoisotopic (exact) mass is 856 g/mol. The maximum absolute atomic E-state index is 13.6. The van der Waals surface area contributed by atoms with Crippen LogP contribution in [0.2, 0.25) is 0 Å². The molecule has 0 radical (unpaired) electrons. The topological polar surface area (TPSA) is 175 Å². The molecule has 0 aliphatic carbocycles. The molecule has 6 heterocycles. The Bertz CT molecular complexity index is 2850. The van der Waals surface area contributed by atoms with Crippen molar-refractivity contribution in [3.8, 4) is 34.2 Å². The van der Waals surface area contributed by atoms with E-state index in [1.54, 1.807) is 9.36 Å². The molecule has 0 bridgehead atoms. The van der Waals surface area contributed by atoms with Gasteiger partial charge >= 0.3 is 0 Å². The summed E-state index contributed by atoms with van der Waals surface area (Å²) in [6, 6.07) is 31.5. The van der Waals surface area contributed by atoms with E-state index in [-0.39, 0.29) is 11.8 Å². The molecule has 0 saturated carbocycles.